The van der Waals surface area contributed by atoms with Gasteiger partial charge in [-0.15, -0.1) is 0 Å². The van der Waals surface area contributed by atoms with E-state index < -0.39 is 11.4 Å². The van der Waals surface area contributed by atoms with Gasteiger partial charge in [0.25, 0.3) is 0 Å². The molecular weight excluding hydrogens is 532 g/mol. The van der Waals surface area contributed by atoms with Crippen LogP contribution in [0.5, 0.6) is 17.2 Å². The Morgan fingerprint density at radius 1 is 0.732 bits per heavy atom. The SMILES string of the molecule is CCOc1cc(OCC)c([S+](c2ccccc2)c2ccccc2)c(OCC)c1.O=C([O-])C12CC3CC(CC(C3)C1)C2. The van der Waals surface area contributed by atoms with Crippen molar-refractivity contribution in [2.75, 3.05) is 19.8 Å². The summed E-state index contributed by atoms with van der Waals surface area (Å²) in [5, 5.41) is 11.1. The molecule has 0 radical (unpaired) electrons. The number of aliphatic carboxylic acids is 1. The van der Waals surface area contributed by atoms with Gasteiger partial charge in [-0.25, -0.2) is 0 Å². The van der Waals surface area contributed by atoms with Crippen molar-refractivity contribution in [2.24, 2.45) is 23.2 Å². The number of carboxylic acids is 1. The van der Waals surface area contributed by atoms with Gasteiger partial charge < -0.3 is 24.1 Å². The van der Waals surface area contributed by atoms with Gasteiger partial charge in [-0.05, 0) is 101 Å². The van der Waals surface area contributed by atoms with E-state index >= 15 is 0 Å². The lowest BCUT2D eigenvalue weighted by atomic mass is 9.49. The van der Waals surface area contributed by atoms with Crippen molar-refractivity contribution in [3.05, 3.63) is 72.8 Å². The number of rotatable bonds is 10. The highest BCUT2D eigenvalue weighted by molar-refractivity contribution is 7.97. The number of hydrogen-bond acceptors (Lipinski definition) is 5. The monoisotopic (exact) mass is 574 g/mol. The third kappa shape index (κ3) is 6.53. The normalized spacial score (nSPS) is 24.0. The Hall–Kier alpha value is -3.12. The minimum Gasteiger partial charge on any atom is -0.550 e. The van der Waals surface area contributed by atoms with Crippen molar-refractivity contribution in [3.63, 3.8) is 0 Å². The largest absolute Gasteiger partial charge is 0.550 e. The van der Waals surface area contributed by atoms with E-state index in [0.29, 0.717) is 37.6 Å². The lowest BCUT2D eigenvalue weighted by Crippen LogP contribution is -2.54. The molecule has 0 amide bonds. The lowest BCUT2D eigenvalue weighted by molar-refractivity contribution is -0.327. The summed E-state index contributed by atoms with van der Waals surface area (Å²) < 4.78 is 17.9. The molecule has 4 bridgehead atoms. The number of carbonyl (C=O) groups excluding carboxylic acids is 1. The summed E-state index contributed by atoms with van der Waals surface area (Å²) in [6, 6.07) is 25.0. The zero-order valence-corrected chi connectivity index (χ0v) is 25.3. The predicted octanol–water partition coefficient (Wildman–Crippen LogP) is 6.93. The van der Waals surface area contributed by atoms with E-state index in [2.05, 4.69) is 48.5 Å². The fourth-order valence-electron chi connectivity index (χ4n) is 7.37. The Kier molecular flexibility index (Phi) is 9.49. The smallest absolute Gasteiger partial charge is 0.250 e. The van der Waals surface area contributed by atoms with Gasteiger partial charge in [-0.2, -0.15) is 0 Å². The van der Waals surface area contributed by atoms with Crippen LogP contribution in [-0.2, 0) is 15.7 Å². The van der Waals surface area contributed by atoms with E-state index in [1.807, 2.05) is 45.0 Å². The highest BCUT2D eigenvalue weighted by Gasteiger charge is 2.51. The van der Waals surface area contributed by atoms with Gasteiger partial charge in [-0.1, -0.05) is 36.4 Å². The quantitative estimate of drug-likeness (QED) is 0.246. The Balaban J connectivity index is 0.000000213. The van der Waals surface area contributed by atoms with Gasteiger partial charge in [0.2, 0.25) is 4.90 Å². The van der Waals surface area contributed by atoms with Crippen molar-refractivity contribution >= 4 is 16.9 Å². The molecule has 3 aromatic rings. The fraction of sp³-hybridized carbons (Fsp3) is 0.457. The van der Waals surface area contributed by atoms with E-state index in [4.69, 9.17) is 14.2 Å². The standard InChI is InChI=1S/C24H27O3S.C11H16O2/c1-4-25-19-17-22(26-5-2)24(23(18-19)27-6-3)28(20-13-9-7-10-14-20)21-15-11-8-12-16-21;12-10(13)11-4-7-1-8(5-11)3-9(2-7)6-11/h7-18H,4-6H2,1-3H3;7-9H,1-6H2,(H,12,13)/q+1;/p-1. The van der Waals surface area contributed by atoms with Gasteiger partial charge in [0, 0.05) is 23.5 Å². The first kappa shape index (κ1) is 29.4. The summed E-state index contributed by atoms with van der Waals surface area (Å²) in [5.41, 5.74) is -0.394. The molecule has 6 heteroatoms. The van der Waals surface area contributed by atoms with E-state index in [1.165, 1.54) is 29.1 Å². The lowest BCUT2D eigenvalue weighted by Gasteiger charge is -2.57. The maximum atomic E-state index is 11.1. The summed E-state index contributed by atoms with van der Waals surface area (Å²) >= 11 is 0. The summed E-state index contributed by atoms with van der Waals surface area (Å²) in [6.45, 7) is 7.73. The number of hydrogen-bond donors (Lipinski definition) is 0. The molecule has 7 rings (SSSR count). The van der Waals surface area contributed by atoms with E-state index in [0.717, 1.165) is 41.4 Å². The van der Waals surface area contributed by atoms with Crippen molar-refractivity contribution in [3.8, 4) is 17.2 Å². The van der Waals surface area contributed by atoms with Crippen LogP contribution < -0.4 is 19.3 Å². The average molecular weight is 575 g/mol. The first-order chi connectivity index (χ1) is 20.0. The molecule has 4 aliphatic rings. The molecule has 0 aliphatic heterocycles. The van der Waals surface area contributed by atoms with Crippen molar-refractivity contribution < 1.29 is 24.1 Å². The van der Waals surface area contributed by atoms with Crippen molar-refractivity contribution in [1.82, 2.24) is 0 Å². The highest BCUT2D eigenvalue weighted by Crippen LogP contribution is 2.59. The molecule has 41 heavy (non-hydrogen) atoms. The minimum absolute atomic E-state index is 0.358. The molecular formula is C35H42O5S. The maximum Gasteiger partial charge on any atom is 0.250 e. The second-order valence-corrected chi connectivity index (χ2v) is 13.4. The highest BCUT2D eigenvalue weighted by atomic mass is 32.2. The summed E-state index contributed by atoms with van der Waals surface area (Å²) in [4.78, 5) is 14.6. The fourth-order valence-corrected chi connectivity index (χ4v) is 9.62. The van der Waals surface area contributed by atoms with Gasteiger partial charge >= 0.3 is 0 Å². The molecule has 4 fully saturated rings. The van der Waals surface area contributed by atoms with Crippen LogP contribution in [0.1, 0.15) is 59.3 Å². The summed E-state index contributed by atoms with van der Waals surface area (Å²) in [6.07, 6.45) is 6.65. The van der Waals surface area contributed by atoms with Gasteiger partial charge in [-0.3, -0.25) is 0 Å². The first-order valence-electron chi connectivity index (χ1n) is 15.1. The average Bonchev–Trinajstić information content (AvgIpc) is 2.96. The molecule has 0 aromatic heterocycles. The Bertz CT molecular complexity index is 1190. The van der Waals surface area contributed by atoms with E-state index in [-0.39, 0.29) is 10.9 Å². The number of benzene rings is 3. The first-order valence-corrected chi connectivity index (χ1v) is 16.3. The number of ether oxygens (including phenoxy) is 3. The van der Waals surface area contributed by atoms with Crippen LogP contribution in [0.15, 0.2) is 87.5 Å². The van der Waals surface area contributed by atoms with Gasteiger partial charge in [0.05, 0.1) is 19.8 Å². The Labute approximate surface area is 247 Å². The molecule has 0 unspecified atom stereocenters. The molecule has 0 heterocycles. The van der Waals surface area contributed by atoms with Crippen LogP contribution in [-0.4, -0.2) is 25.8 Å². The van der Waals surface area contributed by atoms with E-state index in [9.17, 15) is 9.90 Å². The molecule has 3 aromatic carbocycles. The second-order valence-electron chi connectivity index (χ2n) is 11.5. The Morgan fingerprint density at radius 2 is 1.15 bits per heavy atom. The molecule has 0 N–H and O–H groups in total. The molecule has 0 atom stereocenters. The number of carbonyl (C=O) groups is 1. The minimum atomic E-state index is -0.758. The molecule has 4 aliphatic carbocycles. The Morgan fingerprint density at radius 3 is 1.51 bits per heavy atom. The molecule has 0 saturated heterocycles. The summed E-state index contributed by atoms with van der Waals surface area (Å²) in [5.74, 6) is 3.77. The second kappa shape index (κ2) is 13.2. The summed E-state index contributed by atoms with van der Waals surface area (Å²) in [7, 11) is -0.358. The number of carboxylic acid groups (broad SMARTS) is 1. The van der Waals surface area contributed by atoms with Crippen LogP contribution in [0.2, 0.25) is 0 Å². The topological polar surface area (TPSA) is 67.8 Å². The van der Waals surface area contributed by atoms with E-state index in [1.54, 1.807) is 0 Å². The maximum absolute atomic E-state index is 11.1. The zero-order chi connectivity index (χ0) is 28.8. The van der Waals surface area contributed by atoms with Crippen LogP contribution in [0.25, 0.3) is 0 Å². The van der Waals surface area contributed by atoms with Gasteiger partial charge in [0.15, 0.2) is 21.3 Å². The van der Waals surface area contributed by atoms with Crippen LogP contribution >= 0.6 is 0 Å². The van der Waals surface area contributed by atoms with Crippen LogP contribution in [0.4, 0.5) is 0 Å². The zero-order valence-electron chi connectivity index (χ0n) is 24.5. The predicted molar refractivity (Wildman–Crippen MR) is 161 cm³/mol. The third-order valence-electron chi connectivity index (χ3n) is 8.54. The molecule has 4 saturated carbocycles. The van der Waals surface area contributed by atoms with Crippen LogP contribution in [0, 0.1) is 23.2 Å². The molecule has 218 valence electrons. The third-order valence-corrected chi connectivity index (χ3v) is 10.8. The van der Waals surface area contributed by atoms with Crippen molar-refractivity contribution in [1.29, 1.82) is 0 Å². The van der Waals surface area contributed by atoms with Crippen molar-refractivity contribution in [2.45, 2.75) is 74.0 Å². The van der Waals surface area contributed by atoms with Gasteiger partial charge in [0.1, 0.15) is 16.6 Å². The van der Waals surface area contributed by atoms with Crippen LogP contribution in [0.3, 0.4) is 0 Å². The molecule has 5 nitrogen and oxygen atoms in total. The molecule has 0 spiro atoms.